The molecule has 5 heteroatoms. The minimum absolute atomic E-state index is 0.224. The van der Waals surface area contributed by atoms with Gasteiger partial charge in [0, 0.05) is 43.7 Å². The van der Waals surface area contributed by atoms with Crippen molar-refractivity contribution in [3.63, 3.8) is 0 Å². The van der Waals surface area contributed by atoms with Gasteiger partial charge >= 0.3 is 0 Å². The number of para-hydroxylation sites is 2. The lowest BCUT2D eigenvalue weighted by Crippen LogP contribution is -2.20. The summed E-state index contributed by atoms with van der Waals surface area (Å²) in [5, 5.41) is 6.33. The van der Waals surface area contributed by atoms with Crippen LogP contribution in [0.25, 0.3) is 71.3 Å². The Hall–Kier alpha value is -7.11. The van der Waals surface area contributed by atoms with E-state index in [2.05, 4.69) is 128 Å². The molecule has 0 N–H and O–H groups in total. The second kappa shape index (κ2) is 13.6. The summed E-state index contributed by atoms with van der Waals surface area (Å²) in [7, 11) is 0. The van der Waals surface area contributed by atoms with Gasteiger partial charge in [-0.05, 0) is 64.9 Å². The van der Waals surface area contributed by atoms with E-state index in [1.165, 1.54) is 11.1 Å². The molecular weight excluding hydrogens is 687 g/mol. The van der Waals surface area contributed by atoms with Crippen LogP contribution in [0.3, 0.4) is 0 Å². The van der Waals surface area contributed by atoms with Crippen LogP contribution in [0, 0.1) is 5.41 Å². The number of aliphatic imine (C=N–C) groups is 3. The number of nitrogens with zero attached hydrogens (tertiary/aromatic N) is 3. The van der Waals surface area contributed by atoms with E-state index in [9.17, 15) is 0 Å². The highest BCUT2D eigenvalue weighted by Gasteiger charge is 2.25. The Morgan fingerprint density at radius 1 is 0.643 bits per heavy atom. The topological polar surface area (TPSA) is 63.4 Å². The molecule has 56 heavy (non-hydrogen) atoms. The van der Waals surface area contributed by atoms with Gasteiger partial charge in [-0.1, -0.05) is 153 Å². The van der Waals surface area contributed by atoms with Crippen molar-refractivity contribution in [3.05, 3.63) is 187 Å². The summed E-state index contributed by atoms with van der Waals surface area (Å²) >= 11 is 0. The number of hydrogen-bond acceptors (Lipinski definition) is 3. The number of fused-ring (bicyclic) bond motifs is 7. The van der Waals surface area contributed by atoms with E-state index >= 15 is 0 Å². The van der Waals surface area contributed by atoms with Gasteiger partial charge in [0.2, 0.25) is 0 Å². The highest BCUT2D eigenvalue weighted by Crippen LogP contribution is 2.43. The third-order valence-electron chi connectivity index (χ3n) is 11.0. The molecule has 268 valence electrons. The van der Waals surface area contributed by atoms with Crippen LogP contribution in [-0.4, -0.2) is 24.9 Å². The summed E-state index contributed by atoms with van der Waals surface area (Å²) in [5.74, 6) is 1.07. The van der Waals surface area contributed by atoms with Crippen molar-refractivity contribution in [2.24, 2.45) is 20.4 Å². The van der Waals surface area contributed by atoms with Gasteiger partial charge in [-0.25, -0.2) is 9.98 Å². The zero-order valence-electron chi connectivity index (χ0n) is 30.9. The molecule has 0 fully saturated rings. The highest BCUT2D eigenvalue weighted by molar-refractivity contribution is 6.25. The Bertz CT molecular complexity index is 3120. The van der Waals surface area contributed by atoms with Gasteiger partial charge in [0.15, 0.2) is 11.7 Å². The molecule has 7 aromatic carbocycles. The largest absolute Gasteiger partial charge is 0.456 e. The number of allylic oxidation sites excluding steroid dienone is 3. The first-order valence-electron chi connectivity index (χ1n) is 18.9. The molecule has 5 nitrogen and oxygen atoms in total. The van der Waals surface area contributed by atoms with Crippen LogP contribution >= 0.6 is 0 Å². The molecule has 9 aromatic rings. The number of amidine groups is 2. The van der Waals surface area contributed by atoms with Crippen molar-refractivity contribution in [1.82, 2.24) is 0 Å². The van der Waals surface area contributed by atoms with Crippen molar-refractivity contribution in [2.75, 3.05) is 6.54 Å². The van der Waals surface area contributed by atoms with Crippen LogP contribution in [0.15, 0.2) is 194 Å². The summed E-state index contributed by atoms with van der Waals surface area (Å²) in [4.78, 5) is 15.2. The van der Waals surface area contributed by atoms with Crippen LogP contribution in [0.1, 0.15) is 30.0 Å². The molecule has 0 saturated heterocycles. The molecule has 1 unspecified atom stereocenters. The lowest BCUT2D eigenvalue weighted by molar-refractivity contribution is 0.446. The zero-order valence-corrected chi connectivity index (χ0v) is 30.9. The Labute approximate surface area is 324 Å². The van der Waals surface area contributed by atoms with Crippen molar-refractivity contribution in [1.29, 1.82) is 0 Å². The van der Waals surface area contributed by atoms with Crippen molar-refractivity contribution in [2.45, 2.75) is 13.3 Å². The van der Waals surface area contributed by atoms with Crippen LogP contribution in [0.2, 0.25) is 0 Å². The van der Waals surface area contributed by atoms with Gasteiger partial charge in [0.1, 0.15) is 22.3 Å². The van der Waals surface area contributed by atoms with Crippen LogP contribution in [-0.2, 0) is 0 Å². The molecule has 0 amide bonds. The third kappa shape index (κ3) is 5.85. The third-order valence-corrected chi connectivity index (χ3v) is 11.0. The smallest absolute Gasteiger partial charge is 0.161 e. The van der Waals surface area contributed by atoms with Crippen molar-refractivity contribution < 1.29 is 8.83 Å². The predicted molar refractivity (Wildman–Crippen MR) is 234 cm³/mol. The maximum absolute atomic E-state index is 6.62. The molecule has 0 radical (unpaired) electrons. The second-order valence-corrected chi connectivity index (χ2v) is 14.8. The van der Waals surface area contributed by atoms with E-state index in [-0.39, 0.29) is 5.41 Å². The minimum atomic E-state index is -0.224. The van der Waals surface area contributed by atoms with E-state index in [0.717, 1.165) is 83.3 Å². The van der Waals surface area contributed by atoms with E-state index in [1.807, 2.05) is 60.7 Å². The van der Waals surface area contributed by atoms with Crippen LogP contribution in [0.5, 0.6) is 0 Å². The normalized spacial score (nSPS) is 16.3. The summed E-state index contributed by atoms with van der Waals surface area (Å²) in [5.41, 5.74) is 9.18. The molecule has 0 saturated carbocycles. The zero-order chi connectivity index (χ0) is 37.6. The summed E-state index contributed by atoms with van der Waals surface area (Å²) in [6, 6.07) is 51.9. The first kappa shape index (κ1) is 33.5. The Kier molecular flexibility index (Phi) is 8.14. The quantitative estimate of drug-likeness (QED) is 0.127. The van der Waals surface area contributed by atoms with Gasteiger partial charge in [0.25, 0.3) is 0 Å². The molecule has 0 aliphatic heterocycles. The molecule has 10 rings (SSSR count). The Balaban J connectivity index is 1.16. The molecule has 2 heterocycles. The van der Waals surface area contributed by atoms with Gasteiger partial charge in [-0.2, -0.15) is 0 Å². The van der Waals surface area contributed by atoms with E-state index < -0.39 is 0 Å². The molecule has 1 aliphatic carbocycles. The van der Waals surface area contributed by atoms with Gasteiger partial charge in [-0.3, -0.25) is 4.99 Å². The molecule has 1 atom stereocenters. The van der Waals surface area contributed by atoms with Gasteiger partial charge in [-0.15, -0.1) is 0 Å². The maximum Gasteiger partial charge on any atom is 0.161 e. The Morgan fingerprint density at radius 2 is 1.36 bits per heavy atom. The van der Waals surface area contributed by atoms with Crippen molar-refractivity contribution >= 4 is 78.6 Å². The van der Waals surface area contributed by atoms with Gasteiger partial charge < -0.3 is 8.83 Å². The summed E-state index contributed by atoms with van der Waals surface area (Å²) < 4.78 is 13.2. The fourth-order valence-electron chi connectivity index (χ4n) is 8.02. The summed E-state index contributed by atoms with van der Waals surface area (Å²) in [6.07, 6.45) is 7.67. The molecule has 0 bridgehead atoms. The van der Waals surface area contributed by atoms with Gasteiger partial charge in [0.05, 0.1) is 6.54 Å². The molecule has 1 aliphatic rings. The summed E-state index contributed by atoms with van der Waals surface area (Å²) in [6.45, 7) is 6.75. The van der Waals surface area contributed by atoms with Crippen LogP contribution < -0.4 is 0 Å². The highest BCUT2D eigenvalue weighted by atomic mass is 16.3. The fourth-order valence-corrected chi connectivity index (χ4v) is 8.02. The number of rotatable bonds is 6. The average molecular weight is 724 g/mol. The lowest BCUT2D eigenvalue weighted by Gasteiger charge is -2.26. The standard InChI is InChI=1S/C51H37N3O2/c1-51(29-27-35(28-30-51)33-13-4-3-5-14-33)32-53-50(54-49(52-2)37-26-25-34-15-6-7-16-36(34)31-37)42-21-12-24-45-47(42)46-39(18-11-23-44(46)55-45)41-20-10-19-40-38-17-8-9-22-43(38)56-48(40)41/h3-29,31H,2,30,32H2,1H3. The second-order valence-electron chi connectivity index (χ2n) is 14.8. The lowest BCUT2D eigenvalue weighted by atomic mass is 9.81. The van der Waals surface area contributed by atoms with Crippen molar-refractivity contribution in [3.8, 4) is 11.1 Å². The monoisotopic (exact) mass is 723 g/mol. The number of furan rings is 2. The SMILES string of the molecule is C=NC(=NC(=NCC1(C)C=CC(c2ccccc2)=CC1)c1cccc2oc3cccc(-c4cccc5c4oc4ccccc45)c3c12)c1ccc2ccccc2c1. The molecule has 0 spiro atoms. The fraction of sp³-hybridized carbons (Fsp3) is 0.0784. The van der Waals surface area contributed by atoms with Crippen LogP contribution in [0.4, 0.5) is 0 Å². The first-order valence-corrected chi connectivity index (χ1v) is 18.9. The number of benzene rings is 7. The predicted octanol–water partition coefficient (Wildman–Crippen LogP) is 13.2. The maximum atomic E-state index is 6.62. The molecule has 2 aromatic heterocycles. The number of hydrogen-bond donors (Lipinski definition) is 0. The first-order chi connectivity index (χ1) is 27.5. The van der Waals surface area contributed by atoms with E-state index in [1.54, 1.807) is 0 Å². The minimum Gasteiger partial charge on any atom is -0.456 e. The van der Waals surface area contributed by atoms with E-state index in [0.29, 0.717) is 18.2 Å². The average Bonchev–Trinajstić information content (AvgIpc) is 3.83. The molecular formula is C51H37N3O2. The van der Waals surface area contributed by atoms with E-state index in [4.69, 9.17) is 18.8 Å². The Morgan fingerprint density at radius 3 is 2.20 bits per heavy atom.